The highest BCUT2D eigenvalue weighted by Gasteiger charge is 2.46. The van der Waals surface area contributed by atoms with Crippen LogP contribution in [0.1, 0.15) is 31.0 Å². The molecule has 3 aromatic rings. The molecule has 2 aromatic carbocycles. The van der Waals surface area contributed by atoms with Crippen molar-refractivity contribution in [3.05, 3.63) is 82.9 Å². The van der Waals surface area contributed by atoms with Gasteiger partial charge in [-0.2, -0.15) is 20.1 Å². The Morgan fingerprint density at radius 2 is 1.78 bits per heavy atom. The predicted molar refractivity (Wildman–Crippen MR) is 142 cm³/mol. The monoisotopic (exact) mass is 497 g/mol. The number of aromatic nitrogens is 2. The molecule has 2 atom stereocenters. The zero-order valence-corrected chi connectivity index (χ0v) is 20.5. The van der Waals surface area contributed by atoms with Crippen molar-refractivity contribution in [3.8, 4) is 6.01 Å². The number of para-hydroxylation sites is 1. The second-order valence-corrected chi connectivity index (χ2v) is 9.28. The SMILES string of the molecule is CCOc1nc(N)c2c(n1)N1C(C3C(=O)N(c4ccccc4)N=C3C)=CSC1=NC2c1ccccc1. The summed E-state index contributed by atoms with van der Waals surface area (Å²) in [6.45, 7) is 4.13. The number of aliphatic imine (C=N–C) groups is 1. The first-order chi connectivity index (χ1) is 17.6. The van der Waals surface area contributed by atoms with Crippen LogP contribution in [0, 0.1) is 5.92 Å². The van der Waals surface area contributed by atoms with E-state index in [1.165, 1.54) is 16.8 Å². The fraction of sp³-hybridized carbons (Fsp3) is 0.192. The van der Waals surface area contributed by atoms with Gasteiger partial charge in [-0.25, -0.2) is 4.99 Å². The molecule has 0 fully saturated rings. The number of thioether (sulfide) groups is 1. The minimum absolute atomic E-state index is 0.134. The Hall–Kier alpha value is -4.18. The maximum absolute atomic E-state index is 13.6. The van der Waals surface area contributed by atoms with Gasteiger partial charge >= 0.3 is 6.01 Å². The molecule has 0 saturated carbocycles. The first-order valence-corrected chi connectivity index (χ1v) is 12.5. The molecule has 0 radical (unpaired) electrons. The number of carbonyl (C=O) groups is 1. The number of ether oxygens (including phenoxy) is 1. The number of nitrogen functional groups attached to an aromatic ring is 1. The van der Waals surface area contributed by atoms with E-state index in [0.717, 1.165) is 16.9 Å². The van der Waals surface area contributed by atoms with Crippen molar-refractivity contribution in [2.45, 2.75) is 19.9 Å². The Bertz CT molecular complexity index is 1440. The summed E-state index contributed by atoms with van der Waals surface area (Å²) in [6.07, 6.45) is 0. The van der Waals surface area contributed by atoms with Gasteiger partial charge in [0.05, 0.1) is 29.3 Å². The molecule has 180 valence electrons. The number of anilines is 3. The van der Waals surface area contributed by atoms with Crippen molar-refractivity contribution in [3.63, 3.8) is 0 Å². The molecule has 1 aromatic heterocycles. The minimum Gasteiger partial charge on any atom is -0.464 e. The third kappa shape index (κ3) is 3.53. The molecular weight excluding hydrogens is 474 g/mol. The highest BCUT2D eigenvalue weighted by Crippen LogP contribution is 2.48. The Kier molecular flexibility index (Phi) is 5.45. The van der Waals surface area contributed by atoms with E-state index in [4.69, 9.17) is 20.4 Å². The number of benzene rings is 2. The van der Waals surface area contributed by atoms with E-state index in [2.05, 4.69) is 10.1 Å². The molecule has 3 aliphatic rings. The molecule has 36 heavy (non-hydrogen) atoms. The summed E-state index contributed by atoms with van der Waals surface area (Å²) >= 11 is 1.46. The molecule has 3 aliphatic heterocycles. The van der Waals surface area contributed by atoms with Crippen LogP contribution in [0.3, 0.4) is 0 Å². The average Bonchev–Trinajstić information content (AvgIpc) is 3.44. The van der Waals surface area contributed by atoms with E-state index in [1.807, 2.05) is 84.8 Å². The Labute approximate surface area is 212 Å². The Balaban J connectivity index is 1.45. The van der Waals surface area contributed by atoms with Crippen LogP contribution in [0.4, 0.5) is 17.3 Å². The second-order valence-electron chi connectivity index (χ2n) is 8.44. The molecule has 2 unspecified atom stereocenters. The number of rotatable bonds is 5. The predicted octanol–water partition coefficient (Wildman–Crippen LogP) is 4.35. The van der Waals surface area contributed by atoms with Crippen LogP contribution in [0.15, 0.2) is 81.9 Å². The van der Waals surface area contributed by atoms with Gasteiger partial charge in [0.2, 0.25) is 0 Å². The summed E-state index contributed by atoms with van der Waals surface area (Å²) in [5, 5.41) is 8.71. The lowest BCUT2D eigenvalue weighted by Gasteiger charge is -2.33. The first kappa shape index (κ1) is 22.3. The summed E-state index contributed by atoms with van der Waals surface area (Å²) in [6, 6.07) is 19.1. The number of fused-ring (bicyclic) bond motifs is 3. The zero-order chi connectivity index (χ0) is 24.8. The smallest absolute Gasteiger partial charge is 0.320 e. The molecule has 0 spiro atoms. The highest BCUT2D eigenvalue weighted by atomic mass is 32.2. The standard InChI is InChI=1S/C26H23N7O2S/c1-3-35-25-29-22(27)20-21(16-10-6-4-7-11-16)28-26-32(23(20)30-25)18(14-36-26)19-15(2)31-33(24(19)34)17-12-8-5-9-13-17/h4-14,19,21H,3H2,1-2H3,(H2,27,29,30). The number of hydrazone groups is 1. The largest absolute Gasteiger partial charge is 0.464 e. The molecule has 0 saturated heterocycles. The third-order valence-electron chi connectivity index (χ3n) is 6.21. The fourth-order valence-electron chi connectivity index (χ4n) is 4.62. The molecule has 6 rings (SSSR count). The molecule has 10 heteroatoms. The topological polar surface area (TPSA) is 109 Å². The van der Waals surface area contributed by atoms with E-state index in [9.17, 15) is 4.79 Å². The summed E-state index contributed by atoms with van der Waals surface area (Å²) in [5.74, 6) is 0.147. The van der Waals surface area contributed by atoms with Gasteiger partial charge in [0, 0.05) is 5.41 Å². The second kappa shape index (κ2) is 8.80. The average molecular weight is 498 g/mol. The minimum atomic E-state index is -0.585. The fourth-order valence-corrected chi connectivity index (χ4v) is 5.55. The lowest BCUT2D eigenvalue weighted by molar-refractivity contribution is -0.119. The zero-order valence-electron chi connectivity index (χ0n) is 19.7. The van der Waals surface area contributed by atoms with Crippen LogP contribution in [0.2, 0.25) is 0 Å². The van der Waals surface area contributed by atoms with E-state index in [-0.39, 0.29) is 18.0 Å². The maximum Gasteiger partial charge on any atom is 0.320 e. The van der Waals surface area contributed by atoms with Gasteiger partial charge in [-0.15, -0.1) is 0 Å². The van der Waals surface area contributed by atoms with Crippen molar-refractivity contribution in [2.24, 2.45) is 16.0 Å². The molecule has 0 bridgehead atoms. The van der Waals surface area contributed by atoms with E-state index in [1.54, 1.807) is 0 Å². The van der Waals surface area contributed by atoms with Gasteiger partial charge in [0.15, 0.2) is 11.0 Å². The van der Waals surface area contributed by atoms with Gasteiger partial charge in [-0.3, -0.25) is 9.69 Å². The lowest BCUT2D eigenvalue weighted by atomic mass is 9.96. The molecular formula is C26H23N7O2S. The number of amidine groups is 1. The Morgan fingerprint density at radius 3 is 2.50 bits per heavy atom. The summed E-state index contributed by atoms with van der Waals surface area (Å²) in [4.78, 5) is 29.7. The van der Waals surface area contributed by atoms with Crippen molar-refractivity contribution >= 4 is 45.9 Å². The quantitative estimate of drug-likeness (QED) is 0.558. The van der Waals surface area contributed by atoms with Gasteiger partial charge in [0.25, 0.3) is 5.91 Å². The van der Waals surface area contributed by atoms with Gasteiger partial charge < -0.3 is 10.5 Å². The van der Waals surface area contributed by atoms with Gasteiger partial charge in [-0.05, 0) is 31.5 Å². The lowest BCUT2D eigenvalue weighted by Crippen LogP contribution is -2.38. The summed E-state index contributed by atoms with van der Waals surface area (Å²) < 4.78 is 5.63. The van der Waals surface area contributed by atoms with Crippen molar-refractivity contribution in [1.29, 1.82) is 0 Å². The maximum atomic E-state index is 13.6. The number of amides is 1. The molecule has 0 aliphatic carbocycles. The van der Waals surface area contributed by atoms with E-state index >= 15 is 0 Å². The van der Waals surface area contributed by atoms with Gasteiger partial charge in [0.1, 0.15) is 17.8 Å². The number of nitrogens with zero attached hydrogens (tertiary/aromatic N) is 6. The molecule has 1 amide bonds. The van der Waals surface area contributed by atoms with Crippen LogP contribution in [-0.2, 0) is 4.79 Å². The van der Waals surface area contributed by atoms with Crippen molar-refractivity contribution in [1.82, 2.24) is 9.97 Å². The number of hydrogen-bond donors (Lipinski definition) is 1. The first-order valence-electron chi connectivity index (χ1n) is 11.6. The van der Waals surface area contributed by atoms with Crippen LogP contribution < -0.4 is 20.4 Å². The highest BCUT2D eigenvalue weighted by molar-refractivity contribution is 8.17. The normalized spacial score (nSPS) is 20.5. The Morgan fingerprint density at radius 1 is 1.06 bits per heavy atom. The van der Waals surface area contributed by atoms with Gasteiger partial charge in [-0.1, -0.05) is 60.3 Å². The third-order valence-corrected chi connectivity index (χ3v) is 7.07. The molecule has 9 nitrogen and oxygen atoms in total. The van der Waals surface area contributed by atoms with Crippen molar-refractivity contribution in [2.75, 3.05) is 22.2 Å². The number of hydrogen-bond acceptors (Lipinski definition) is 9. The molecule has 4 heterocycles. The summed E-state index contributed by atoms with van der Waals surface area (Å²) in [5.41, 5.74) is 10.3. The van der Waals surface area contributed by atoms with E-state index in [0.29, 0.717) is 34.7 Å². The van der Waals surface area contributed by atoms with Crippen LogP contribution in [-0.4, -0.2) is 33.4 Å². The van der Waals surface area contributed by atoms with Crippen LogP contribution >= 0.6 is 11.8 Å². The van der Waals surface area contributed by atoms with E-state index < -0.39 is 5.92 Å². The molecule has 2 N–H and O–H groups in total. The number of nitrogens with two attached hydrogens (primary N) is 1. The van der Waals surface area contributed by atoms with Crippen LogP contribution in [0.5, 0.6) is 6.01 Å². The number of carbonyl (C=O) groups excluding carboxylic acids is 1. The van der Waals surface area contributed by atoms with Crippen LogP contribution in [0.25, 0.3) is 0 Å². The summed E-state index contributed by atoms with van der Waals surface area (Å²) in [7, 11) is 0. The van der Waals surface area contributed by atoms with Crippen molar-refractivity contribution < 1.29 is 9.53 Å².